The molecule has 1 fully saturated rings. The van der Waals surface area contributed by atoms with E-state index >= 15 is 0 Å². The lowest BCUT2D eigenvalue weighted by Gasteiger charge is -2.34. The molecule has 0 aliphatic carbocycles. The first-order valence-corrected chi connectivity index (χ1v) is 5.92. The molecule has 2 N–H and O–H groups in total. The Morgan fingerprint density at radius 3 is 2.76 bits per heavy atom. The molecule has 1 aliphatic heterocycles. The van der Waals surface area contributed by atoms with Gasteiger partial charge in [0, 0.05) is 32.1 Å². The molecule has 2 amide bonds. The lowest BCUT2D eigenvalue weighted by Crippen LogP contribution is -2.54. The van der Waals surface area contributed by atoms with E-state index in [1.165, 1.54) is 0 Å². The fourth-order valence-corrected chi connectivity index (χ4v) is 1.80. The van der Waals surface area contributed by atoms with Crippen molar-refractivity contribution < 1.29 is 9.59 Å². The predicted molar refractivity (Wildman–Crippen MR) is 69.2 cm³/mol. The summed E-state index contributed by atoms with van der Waals surface area (Å²) in [6.45, 7) is 6.47. The molecule has 0 aromatic rings. The van der Waals surface area contributed by atoms with Gasteiger partial charge in [0.2, 0.25) is 11.8 Å². The monoisotopic (exact) mass is 263 g/mol. The van der Waals surface area contributed by atoms with Crippen molar-refractivity contribution in [1.82, 2.24) is 15.5 Å². The van der Waals surface area contributed by atoms with Crippen LogP contribution in [0, 0.1) is 0 Å². The van der Waals surface area contributed by atoms with Gasteiger partial charge in [0.1, 0.15) is 0 Å². The number of halogens is 1. The van der Waals surface area contributed by atoms with Gasteiger partial charge in [-0.15, -0.1) is 12.4 Å². The fourth-order valence-electron chi connectivity index (χ4n) is 1.80. The highest BCUT2D eigenvalue weighted by Crippen LogP contribution is 2.02. The topological polar surface area (TPSA) is 61.4 Å². The van der Waals surface area contributed by atoms with Crippen LogP contribution >= 0.6 is 12.4 Å². The Hall–Kier alpha value is -0.810. The number of amides is 2. The quantitative estimate of drug-likeness (QED) is 0.759. The Labute approximate surface area is 109 Å². The number of hydrogen-bond acceptors (Lipinski definition) is 3. The lowest BCUT2D eigenvalue weighted by atomic mass is 10.2. The van der Waals surface area contributed by atoms with Crippen LogP contribution in [0.3, 0.4) is 0 Å². The summed E-state index contributed by atoms with van der Waals surface area (Å²) >= 11 is 0. The number of nitrogens with zero attached hydrogens (tertiary/aromatic N) is 1. The first kappa shape index (κ1) is 16.2. The van der Waals surface area contributed by atoms with Crippen LogP contribution in [0.2, 0.25) is 0 Å². The van der Waals surface area contributed by atoms with Crippen molar-refractivity contribution in [2.24, 2.45) is 0 Å². The van der Waals surface area contributed by atoms with Crippen LogP contribution < -0.4 is 10.6 Å². The number of rotatable bonds is 4. The van der Waals surface area contributed by atoms with Gasteiger partial charge in [0.05, 0.1) is 6.54 Å². The van der Waals surface area contributed by atoms with Gasteiger partial charge in [-0.3, -0.25) is 9.59 Å². The summed E-state index contributed by atoms with van der Waals surface area (Å²) < 4.78 is 0. The molecule has 0 aromatic carbocycles. The van der Waals surface area contributed by atoms with E-state index < -0.39 is 0 Å². The Morgan fingerprint density at radius 2 is 2.18 bits per heavy atom. The number of hydrogen-bond donors (Lipinski definition) is 2. The normalized spacial score (nSPS) is 19.4. The minimum atomic E-state index is -0.0429. The van der Waals surface area contributed by atoms with Crippen molar-refractivity contribution in [3.63, 3.8) is 0 Å². The molecule has 100 valence electrons. The summed E-state index contributed by atoms with van der Waals surface area (Å²) in [5.74, 6) is -0.0305. The maximum atomic E-state index is 11.8. The summed E-state index contributed by atoms with van der Waals surface area (Å²) in [6, 6.07) is 0.212. The fraction of sp³-hybridized carbons (Fsp3) is 0.818. The predicted octanol–water partition coefficient (Wildman–Crippen LogP) is 0.145. The Balaban J connectivity index is 0.00000256. The third kappa shape index (κ3) is 5.37. The zero-order valence-corrected chi connectivity index (χ0v) is 11.3. The van der Waals surface area contributed by atoms with Gasteiger partial charge in [0.25, 0.3) is 0 Å². The second-order valence-electron chi connectivity index (χ2n) is 4.17. The van der Waals surface area contributed by atoms with Crippen molar-refractivity contribution in [1.29, 1.82) is 0 Å². The van der Waals surface area contributed by atoms with E-state index in [4.69, 9.17) is 0 Å². The van der Waals surface area contributed by atoms with Crippen molar-refractivity contribution in [2.75, 3.05) is 26.2 Å². The van der Waals surface area contributed by atoms with Crippen LogP contribution in [-0.4, -0.2) is 48.9 Å². The molecule has 1 atom stereocenters. The van der Waals surface area contributed by atoms with Crippen LogP contribution in [-0.2, 0) is 9.59 Å². The molecule has 6 heteroatoms. The smallest absolute Gasteiger partial charge is 0.242 e. The maximum absolute atomic E-state index is 11.8. The molecule has 0 bridgehead atoms. The number of carbonyl (C=O) groups excluding carboxylic acids is 2. The van der Waals surface area contributed by atoms with Gasteiger partial charge >= 0.3 is 0 Å². The van der Waals surface area contributed by atoms with E-state index in [0.717, 1.165) is 26.1 Å². The van der Waals surface area contributed by atoms with Gasteiger partial charge in [-0.05, 0) is 13.3 Å². The van der Waals surface area contributed by atoms with Crippen molar-refractivity contribution in [2.45, 2.75) is 32.7 Å². The van der Waals surface area contributed by atoms with Crippen LogP contribution in [0.4, 0.5) is 0 Å². The van der Waals surface area contributed by atoms with Crippen molar-refractivity contribution >= 4 is 24.2 Å². The molecule has 1 aliphatic rings. The van der Waals surface area contributed by atoms with Gasteiger partial charge < -0.3 is 15.5 Å². The van der Waals surface area contributed by atoms with Crippen LogP contribution in [0.1, 0.15) is 26.7 Å². The molecular weight excluding hydrogens is 242 g/mol. The number of piperazine rings is 1. The largest absolute Gasteiger partial charge is 0.347 e. The van der Waals surface area contributed by atoms with E-state index in [0.29, 0.717) is 6.42 Å². The standard InChI is InChI=1S/C11H21N3O2.ClH/c1-3-4-10(15)13-8-11(16)14-6-5-12-7-9(14)2;/h9,12H,3-8H2,1-2H3,(H,13,15);1H. The van der Waals surface area contributed by atoms with Gasteiger partial charge in [0.15, 0.2) is 0 Å². The highest BCUT2D eigenvalue weighted by Gasteiger charge is 2.22. The lowest BCUT2D eigenvalue weighted by molar-refractivity contribution is -0.135. The number of nitrogens with one attached hydrogen (secondary N) is 2. The zero-order valence-electron chi connectivity index (χ0n) is 10.5. The molecule has 0 aromatic heterocycles. The summed E-state index contributed by atoms with van der Waals surface area (Å²) in [6.07, 6.45) is 1.30. The van der Waals surface area contributed by atoms with E-state index in [1.54, 1.807) is 0 Å². The second-order valence-corrected chi connectivity index (χ2v) is 4.17. The minimum absolute atomic E-state index is 0. The van der Waals surface area contributed by atoms with Crippen molar-refractivity contribution in [3.8, 4) is 0 Å². The Morgan fingerprint density at radius 1 is 1.47 bits per heavy atom. The molecule has 1 saturated heterocycles. The van der Waals surface area contributed by atoms with E-state index in [-0.39, 0.29) is 36.8 Å². The first-order chi connectivity index (χ1) is 7.65. The maximum Gasteiger partial charge on any atom is 0.242 e. The second kappa shape index (κ2) is 8.31. The Bertz CT molecular complexity index is 261. The molecule has 0 saturated carbocycles. The third-order valence-electron chi connectivity index (χ3n) is 2.74. The first-order valence-electron chi connectivity index (χ1n) is 5.92. The van der Waals surface area contributed by atoms with Crippen LogP contribution in [0.25, 0.3) is 0 Å². The van der Waals surface area contributed by atoms with Crippen molar-refractivity contribution in [3.05, 3.63) is 0 Å². The molecular formula is C11H22ClN3O2. The zero-order chi connectivity index (χ0) is 12.0. The Kier molecular flexibility index (Phi) is 7.91. The summed E-state index contributed by atoms with van der Waals surface area (Å²) in [5.41, 5.74) is 0. The van der Waals surface area contributed by atoms with Gasteiger partial charge in [-0.2, -0.15) is 0 Å². The summed E-state index contributed by atoms with van der Waals surface area (Å²) in [5, 5.41) is 5.87. The number of carbonyl (C=O) groups is 2. The highest BCUT2D eigenvalue weighted by atomic mass is 35.5. The molecule has 0 radical (unpaired) electrons. The molecule has 1 heterocycles. The molecule has 1 rings (SSSR count). The molecule has 17 heavy (non-hydrogen) atoms. The van der Waals surface area contributed by atoms with Gasteiger partial charge in [-0.25, -0.2) is 0 Å². The molecule has 1 unspecified atom stereocenters. The third-order valence-corrected chi connectivity index (χ3v) is 2.74. The van der Waals surface area contributed by atoms with Crippen LogP contribution in [0.5, 0.6) is 0 Å². The SMILES string of the molecule is CCCC(=O)NCC(=O)N1CCNCC1C.Cl. The molecule has 5 nitrogen and oxygen atoms in total. The average Bonchev–Trinajstić information content (AvgIpc) is 2.27. The van der Waals surface area contributed by atoms with Crippen LogP contribution in [0.15, 0.2) is 0 Å². The van der Waals surface area contributed by atoms with E-state index in [9.17, 15) is 9.59 Å². The average molecular weight is 264 g/mol. The van der Waals surface area contributed by atoms with E-state index in [1.807, 2.05) is 18.7 Å². The molecule has 0 spiro atoms. The minimum Gasteiger partial charge on any atom is -0.347 e. The van der Waals surface area contributed by atoms with E-state index in [2.05, 4.69) is 10.6 Å². The summed E-state index contributed by atoms with van der Waals surface area (Å²) in [4.78, 5) is 24.8. The summed E-state index contributed by atoms with van der Waals surface area (Å²) in [7, 11) is 0. The highest BCUT2D eigenvalue weighted by molar-refractivity contribution is 5.85. The van der Waals surface area contributed by atoms with Gasteiger partial charge in [-0.1, -0.05) is 6.92 Å².